The van der Waals surface area contributed by atoms with Crippen molar-refractivity contribution in [3.05, 3.63) is 12.2 Å². The van der Waals surface area contributed by atoms with Crippen LogP contribution < -0.4 is 0 Å². The van der Waals surface area contributed by atoms with Gasteiger partial charge in [0, 0.05) is 5.41 Å². The molecule has 1 heteroatoms. The van der Waals surface area contributed by atoms with Crippen LogP contribution in [0.25, 0.3) is 0 Å². The van der Waals surface area contributed by atoms with Gasteiger partial charge in [-0.25, -0.2) is 0 Å². The Morgan fingerprint density at radius 1 is 0.929 bits per heavy atom. The minimum atomic E-state index is -0.525. The van der Waals surface area contributed by atoms with Gasteiger partial charge in [-0.1, -0.05) is 78.9 Å². The summed E-state index contributed by atoms with van der Waals surface area (Å²) >= 11 is 0. The molecule has 0 saturated heterocycles. The maximum Gasteiger partial charge on any atom is 0.0883 e. The van der Waals surface area contributed by atoms with E-state index in [1.54, 1.807) is 0 Å². The Balaban J connectivity index is 1.52. The summed E-state index contributed by atoms with van der Waals surface area (Å²) in [6, 6.07) is 0. The lowest BCUT2D eigenvalue weighted by atomic mass is 9.45. The van der Waals surface area contributed by atoms with Crippen molar-refractivity contribution < 1.29 is 5.11 Å². The summed E-state index contributed by atoms with van der Waals surface area (Å²) in [6.45, 7) is 12.4. The van der Waals surface area contributed by atoms with Gasteiger partial charge in [0.1, 0.15) is 0 Å². The molecule has 0 bridgehead atoms. The molecule has 0 aromatic carbocycles. The molecular formula is C27H46O. The lowest BCUT2D eigenvalue weighted by Gasteiger charge is -2.61. The van der Waals surface area contributed by atoms with Gasteiger partial charge in [0.2, 0.25) is 0 Å². The van der Waals surface area contributed by atoms with Crippen LogP contribution in [0.4, 0.5) is 0 Å². The molecule has 4 aliphatic carbocycles. The minimum Gasteiger partial charge on any atom is -0.385 e. The van der Waals surface area contributed by atoms with Crippen molar-refractivity contribution in [2.75, 3.05) is 0 Å². The third-order valence-corrected chi connectivity index (χ3v) is 10.4. The molecular weight excluding hydrogens is 340 g/mol. The van der Waals surface area contributed by atoms with Crippen LogP contribution in [0.2, 0.25) is 0 Å². The van der Waals surface area contributed by atoms with Crippen LogP contribution in [0.15, 0.2) is 12.2 Å². The highest BCUT2D eigenvalue weighted by atomic mass is 16.3. The van der Waals surface area contributed by atoms with Gasteiger partial charge in [-0.2, -0.15) is 0 Å². The Kier molecular flexibility index (Phi) is 5.56. The average Bonchev–Trinajstić information content (AvgIpc) is 2.99. The van der Waals surface area contributed by atoms with Crippen molar-refractivity contribution in [1.29, 1.82) is 0 Å². The number of aliphatic hydroxyl groups is 1. The summed E-state index contributed by atoms with van der Waals surface area (Å²) < 4.78 is 0. The van der Waals surface area contributed by atoms with Gasteiger partial charge >= 0.3 is 0 Å². The predicted octanol–water partition coefficient (Wildman–Crippen LogP) is 7.39. The molecule has 1 nitrogen and oxygen atoms in total. The second kappa shape index (κ2) is 7.44. The second-order valence-electron chi connectivity index (χ2n) is 12.2. The minimum absolute atomic E-state index is 0.118. The Hall–Kier alpha value is -0.300. The number of hydrogen-bond acceptors (Lipinski definition) is 1. The Morgan fingerprint density at radius 3 is 2.43 bits per heavy atom. The highest BCUT2D eigenvalue weighted by molar-refractivity contribution is 5.24. The van der Waals surface area contributed by atoms with E-state index in [0.29, 0.717) is 11.3 Å². The van der Waals surface area contributed by atoms with Gasteiger partial charge in [0.15, 0.2) is 0 Å². The van der Waals surface area contributed by atoms with E-state index in [1.807, 2.05) is 0 Å². The lowest BCUT2D eigenvalue weighted by molar-refractivity contribution is -0.148. The fraction of sp³-hybridized carbons (Fsp3) is 0.926. The lowest BCUT2D eigenvalue weighted by Crippen LogP contribution is -2.59. The third kappa shape index (κ3) is 3.14. The first-order chi connectivity index (χ1) is 13.2. The van der Waals surface area contributed by atoms with Gasteiger partial charge in [-0.3, -0.25) is 0 Å². The van der Waals surface area contributed by atoms with E-state index in [2.05, 4.69) is 46.8 Å². The zero-order valence-corrected chi connectivity index (χ0v) is 19.3. The number of hydrogen-bond donors (Lipinski definition) is 1. The van der Waals surface area contributed by atoms with E-state index < -0.39 is 5.60 Å². The van der Waals surface area contributed by atoms with Crippen LogP contribution in [0, 0.1) is 46.3 Å². The molecule has 8 unspecified atom stereocenters. The first-order valence-electron chi connectivity index (χ1n) is 12.6. The monoisotopic (exact) mass is 386 g/mol. The smallest absolute Gasteiger partial charge is 0.0883 e. The maximum absolute atomic E-state index is 11.5. The SMILES string of the molecule is CC(C)CCCC(C)C1CCC2C3C=CC4(O)CCCCC4(C)C3CCC12C. The summed E-state index contributed by atoms with van der Waals surface area (Å²) in [5, 5.41) is 11.5. The van der Waals surface area contributed by atoms with Gasteiger partial charge in [-0.15, -0.1) is 0 Å². The Labute approximate surface area is 174 Å². The van der Waals surface area contributed by atoms with Crippen molar-refractivity contribution in [2.45, 2.75) is 111 Å². The van der Waals surface area contributed by atoms with Gasteiger partial charge in [0.05, 0.1) is 5.60 Å². The largest absolute Gasteiger partial charge is 0.385 e. The second-order valence-corrected chi connectivity index (χ2v) is 12.2. The van der Waals surface area contributed by atoms with Crippen molar-refractivity contribution in [3.63, 3.8) is 0 Å². The summed E-state index contributed by atoms with van der Waals surface area (Å²) in [5.74, 6) is 4.91. The number of rotatable bonds is 5. The fourth-order valence-electron chi connectivity index (χ4n) is 8.67. The van der Waals surface area contributed by atoms with Crippen molar-refractivity contribution in [2.24, 2.45) is 46.3 Å². The Bertz CT molecular complexity index is 593. The van der Waals surface area contributed by atoms with Crippen LogP contribution in [-0.2, 0) is 0 Å². The molecule has 8 atom stereocenters. The maximum atomic E-state index is 11.5. The van der Waals surface area contributed by atoms with E-state index >= 15 is 0 Å². The van der Waals surface area contributed by atoms with Crippen molar-refractivity contribution in [3.8, 4) is 0 Å². The first-order valence-corrected chi connectivity index (χ1v) is 12.6. The highest BCUT2D eigenvalue weighted by Gasteiger charge is 2.62. The van der Waals surface area contributed by atoms with E-state index in [0.717, 1.165) is 36.0 Å². The van der Waals surface area contributed by atoms with Crippen molar-refractivity contribution in [1.82, 2.24) is 0 Å². The van der Waals surface area contributed by atoms with E-state index in [-0.39, 0.29) is 5.41 Å². The molecule has 4 rings (SSSR count). The van der Waals surface area contributed by atoms with Gasteiger partial charge < -0.3 is 5.11 Å². The molecule has 0 amide bonds. The normalized spacial score (nSPS) is 48.8. The molecule has 4 aliphatic rings. The topological polar surface area (TPSA) is 20.2 Å². The summed E-state index contributed by atoms with van der Waals surface area (Å²) in [5.41, 5.74) is 0.124. The van der Waals surface area contributed by atoms with Crippen LogP contribution in [0.3, 0.4) is 0 Å². The van der Waals surface area contributed by atoms with Gasteiger partial charge in [0.25, 0.3) is 0 Å². The quantitative estimate of drug-likeness (QED) is 0.488. The number of fused-ring (bicyclic) bond motifs is 5. The van der Waals surface area contributed by atoms with Crippen LogP contribution in [0.5, 0.6) is 0 Å². The average molecular weight is 387 g/mol. The molecule has 3 saturated carbocycles. The molecule has 0 spiro atoms. The number of allylic oxidation sites excluding steroid dienone is 1. The summed E-state index contributed by atoms with van der Waals surface area (Å²) in [4.78, 5) is 0. The molecule has 3 fully saturated rings. The van der Waals surface area contributed by atoms with Gasteiger partial charge in [-0.05, 0) is 79.4 Å². The molecule has 0 aromatic rings. The van der Waals surface area contributed by atoms with Crippen molar-refractivity contribution >= 4 is 0 Å². The molecule has 0 heterocycles. The standard InChI is InChI=1S/C27H46O/c1-19(2)9-8-10-20(3)22-11-12-23-21-13-18-27(28)16-7-6-15-26(27,5)24(21)14-17-25(22,23)4/h13,18-24,28H,6-12,14-17H2,1-5H3. The summed E-state index contributed by atoms with van der Waals surface area (Å²) in [7, 11) is 0. The van der Waals surface area contributed by atoms with Crippen LogP contribution in [0.1, 0.15) is 105 Å². The molecule has 28 heavy (non-hydrogen) atoms. The molecule has 1 N–H and O–H groups in total. The highest BCUT2D eigenvalue weighted by Crippen LogP contribution is 2.67. The van der Waals surface area contributed by atoms with Crippen LogP contribution >= 0.6 is 0 Å². The molecule has 0 aliphatic heterocycles. The third-order valence-electron chi connectivity index (χ3n) is 10.4. The summed E-state index contributed by atoms with van der Waals surface area (Å²) in [6.07, 6.45) is 19.4. The molecule has 160 valence electrons. The van der Waals surface area contributed by atoms with E-state index in [1.165, 1.54) is 64.2 Å². The van der Waals surface area contributed by atoms with Crippen LogP contribution in [-0.4, -0.2) is 10.7 Å². The predicted molar refractivity (Wildman–Crippen MR) is 119 cm³/mol. The zero-order valence-electron chi connectivity index (χ0n) is 19.3. The Morgan fingerprint density at radius 2 is 1.68 bits per heavy atom. The molecule has 0 aromatic heterocycles. The van der Waals surface area contributed by atoms with E-state index in [9.17, 15) is 5.11 Å². The fourth-order valence-corrected chi connectivity index (χ4v) is 8.67. The van der Waals surface area contributed by atoms with E-state index in [4.69, 9.17) is 0 Å². The zero-order chi connectivity index (χ0) is 20.2. The molecule has 0 radical (unpaired) electrons. The first kappa shape index (κ1) is 21.0.